The van der Waals surface area contributed by atoms with Gasteiger partial charge in [-0.2, -0.15) is 0 Å². The third kappa shape index (κ3) is 6.05. The van der Waals surface area contributed by atoms with Gasteiger partial charge in [-0.1, -0.05) is 37.5 Å². The maximum atomic E-state index is 12.1. The molecule has 1 N–H and O–H groups in total. The van der Waals surface area contributed by atoms with Gasteiger partial charge in [0.05, 0.1) is 6.61 Å². The zero-order chi connectivity index (χ0) is 16.5. The maximum absolute atomic E-state index is 12.1. The zero-order valence-electron chi connectivity index (χ0n) is 13.6. The van der Waals surface area contributed by atoms with Gasteiger partial charge < -0.3 is 9.84 Å². The lowest BCUT2D eigenvalue weighted by molar-refractivity contribution is -0.137. The third-order valence-electron chi connectivity index (χ3n) is 4.61. The van der Waals surface area contributed by atoms with Crippen molar-refractivity contribution in [2.45, 2.75) is 51.4 Å². The van der Waals surface area contributed by atoms with Crippen molar-refractivity contribution >= 4 is 11.8 Å². The van der Waals surface area contributed by atoms with E-state index in [1.807, 2.05) is 30.3 Å². The lowest BCUT2D eigenvalue weighted by atomic mass is 9.90. The molecule has 23 heavy (non-hydrogen) atoms. The topological polar surface area (TPSA) is 63.6 Å². The number of unbranched alkanes of at least 4 members (excludes halogenated alkanes) is 3. The highest BCUT2D eigenvalue weighted by molar-refractivity contribution is 5.83. The van der Waals surface area contributed by atoms with Crippen molar-refractivity contribution in [1.82, 2.24) is 0 Å². The first-order valence-corrected chi connectivity index (χ1v) is 8.59. The fourth-order valence-corrected chi connectivity index (χ4v) is 3.29. The van der Waals surface area contributed by atoms with Crippen LogP contribution in [0.15, 0.2) is 30.3 Å². The van der Waals surface area contributed by atoms with Crippen LogP contribution in [0.25, 0.3) is 0 Å². The summed E-state index contributed by atoms with van der Waals surface area (Å²) in [5.41, 5.74) is 0. The average molecular weight is 318 g/mol. The molecule has 1 fully saturated rings. The Morgan fingerprint density at radius 3 is 2.61 bits per heavy atom. The summed E-state index contributed by atoms with van der Waals surface area (Å²) in [5, 5.41) is 8.61. The minimum Gasteiger partial charge on any atom is -0.493 e. The summed E-state index contributed by atoms with van der Waals surface area (Å²) in [6.45, 7) is 0.611. The largest absolute Gasteiger partial charge is 0.493 e. The molecule has 1 aliphatic rings. The van der Waals surface area contributed by atoms with Crippen LogP contribution in [0, 0.1) is 11.8 Å². The maximum Gasteiger partial charge on any atom is 0.303 e. The molecule has 1 aliphatic carbocycles. The van der Waals surface area contributed by atoms with Gasteiger partial charge in [-0.15, -0.1) is 0 Å². The molecule has 4 nitrogen and oxygen atoms in total. The number of para-hydroxylation sites is 1. The van der Waals surface area contributed by atoms with Crippen molar-refractivity contribution in [2.24, 2.45) is 11.8 Å². The Labute approximate surface area is 137 Å². The fraction of sp³-hybridized carbons (Fsp3) is 0.579. The first-order valence-electron chi connectivity index (χ1n) is 8.59. The Hall–Kier alpha value is -1.84. The second kappa shape index (κ2) is 9.33. The van der Waals surface area contributed by atoms with Crippen LogP contribution in [0.5, 0.6) is 5.75 Å². The van der Waals surface area contributed by atoms with Crippen LogP contribution >= 0.6 is 0 Å². The highest BCUT2D eigenvalue weighted by Gasteiger charge is 2.34. The lowest BCUT2D eigenvalue weighted by Crippen LogP contribution is -2.20. The predicted molar refractivity (Wildman–Crippen MR) is 88.5 cm³/mol. The molecule has 0 spiro atoms. The monoisotopic (exact) mass is 318 g/mol. The average Bonchev–Trinajstić information content (AvgIpc) is 2.90. The van der Waals surface area contributed by atoms with E-state index < -0.39 is 5.97 Å². The van der Waals surface area contributed by atoms with Crippen LogP contribution < -0.4 is 4.74 Å². The van der Waals surface area contributed by atoms with E-state index in [-0.39, 0.29) is 12.3 Å². The minimum atomic E-state index is -0.728. The Bertz CT molecular complexity index is 497. The highest BCUT2D eigenvalue weighted by Crippen LogP contribution is 2.33. The van der Waals surface area contributed by atoms with E-state index in [0.717, 1.165) is 44.3 Å². The van der Waals surface area contributed by atoms with Crippen LogP contribution in [0.3, 0.4) is 0 Å². The van der Waals surface area contributed by atoms with Crippen molar-refractivity contribution in [3.05, 3.63) is 30.3 Å². The van der Waals surface area contributed by atoms with Gasteiger partial charge >= 0.3 is 5.97 Å². The number of carboxylic acids is 1. The van der Waals surface area contributed by atoms with Crippen LogP contribution in [-0.2, 0) is 9.59 Å². The molecule has 1 aromatic rings. The molecule has 2 atom stereocenters. The molecule has 0 saturated heterocycles. The Morgan fingerprint density at radius 1 is 1.13 bits per heavy atom. The third-order valence-corrected chi connectivity index (χ3v) is 4.61. The Balaban J connectivity index is 1.68. The molecular formula is C19H26O4. The predicted octanol–water partition coefficient (Wildman–Crippen LogP) is 4.09. The molecule has 0 aromatic heterocycles. The number of aliphatic carboxylic acids is 1. The van der Waals surface area contributed by atoms with Gasteiger partial charge in [0, 0.05) is 24.7 Å². The van der Waals surface area contributed by atoms with Crippen LogP contribution in [-0.4, -0.2) is 23.5 Å². The van der Waals surface area contributed by atoms with Crippen molar-refractivity contribution in [2.75, 3.05) is 6.61 Å². The van der Waals surface area contributed by atoms with Crippen molar-refractivity contribution in [3.63, 3.8) is 0 Å². The molecular weight excluding hydrogens is 292 g/mol. The number of rotatable bonds is 10. The molecule has 126 valence electrons. The van der Waals surface area contributed by atoms with Crippen LogP contribution in [0.2, 0.25) is 0 Å². The molecule has 0 heterocycles. The smallest absolute Gasteiger partial charge is 0.303 e. The molecule has 4 heteroatoms. The van der Waals surface area contributed by atoms with Gasteiger partial charge in [0.1, 0.15) is 11.5 Å². The van der Waals surface area contributed by atoms with E-state index in [1.165, 1.54) is 0 Å². The number of carbonyl (C=O) groups excluding carboxylic acids is 1. The first kappa shape index (κ1) is 17.5. The molecule has 0 amide bonds. The van der Waals surface area contributed by atoms with E-state index in [9.17, 15) is 9.59 Å². The first-order chi connectivity index (χ1) is 11.2. The lowest BCUT2D eigenvalue weighted by Gasteiger charge is -2.19. The number of carbonyl (C=O) groups is 2. The summed E-state index contributed by atoms with van der Waals surface area (Å²) in [6.07, 6.45) is 6.42. The van der Waals surface area contributed by atoms with Gasteiger partial charge in [0.2, 0.25) is 0 Å². The second-order valence-electron chi connectivity index (χ2n) is 6.34. The summed E-state index contributed by atoms with van der Waals surface area (Å²) in [5.74, 6) is 0.950. The Kier molecular flexibility index (Phi) is 7.11. The fourth-order valence-electron chi connectivity index (χ4n) is 3.29. The number of hydrogen-bond acceptors (Lipinski definition) is 3. The molecule has 0 unspecified atom stereocenters. The van der Waals surface area contributed by atoms with E-state index in [2.05, 4.69) is 0 Å². The van der Waals surface area contributed by atoms with Crippen LogP contribution in [0.4, 0.5) is 0 Å². The van der Waals surface area contributed by atoms with E-state index in [0.29, 0.717) is 24.7 Å². The summed E-state index contributed by atoms with van der Waals surface area (Å²) in [6, 6.07) is 9.73. The number of ketones is 1. The number of carboxylic acid groups (broad SMARTS) is 1. The van der Waals surface area contributed by atoms with E-state index in [4.69, 9.17) is 9.84 Å². The zero-order valence-corrected chi connectivity index (χ0v) is 13.6. The number of hydrogen-bond donors (Lipinski definition) is 1. The van der Waals surface area contributed by atoms with Gasteiger partial charge in [0.25, 0.3) is 0 Å². The number of Topliss-reactive ketones (excluding diaryl/α,β-unsaturated/α-hetero) is 1. The van der Waals surface area contributed by atoms with Gasteiger partial charge in [0.15, 0.2) is 0 Å². The van der Waals surface area contributed by atoms with Crippen LogP contribution in [0.1, 0.15) is 51.4 Å². The van der Waals surface area contributed by atoms with E-state index in [1.54, 1.807) is 0 Å². The summed E-state index contributed by atoms with van der Waals surface area (Å²) >= 11 is 0. The molecule has 1 saturated carbocycles. The number of benzene rings is 1. The van der Waals surface area contributed by atoms with Crippen molar-refractivity contribution < 1.29 is 19.4 Å². The summed E-state index contributed by atoms with van der Waals surface area (Å²) < 4.78 is 5.82. The Morgan fingerprint density at radius 2 is 1.87 bits per heavy atom. The summed E-state index contributed by atoms with van der Waals surface area (Å²) in [4.78, 5) is 22.5. The SMILES string of the molecule is O=C(O)CCCCCC[C@H]1C(=O)CC[C@@H]1COc1ccccc1. The van der Waals surface area contributed by atoms with Crippen molar-refractivity contribution in [1.29, 1.82) is 0 Å². The molecule has 0 radical (unpaired) electrons. The van der Waals surface area contributed by atoms with Crippen molar-refractivity contribution in [3.8, 4) is 5.75 Å². The summed E-state index contributed by atoms with van der Waals surface area (Å²) in [7, 11) is 0. The minimum absolute atomic E-state index is 0.123. The molecule has 0 aliphatic heterocycles. The normalized spacial score (nSPS) is 20.6. The molecule has 0 bridgehead atoms. The standard InChI is InChI=1S/C19H26O4/c20-18-13-12-15(14-23-16-8-4-3-5-9-16)17(18)10-6-1-2-7-11-19(21)22/h3-5,8-9,15,17H,1-2,6-7,10-14H2,(H,21,22)/t15-,17-/m1/s1. The van der Waals surface area contributed by atoms with E-state index >= 15 is 0 Å². The quantitative estimate of drug-likeness (QED) is 0.660. The highest BCUT2D eigenvalue weighted by atomic mass is 16.5. The second-order valence-corrected chi connectivity index (χ2v) is 6.34. The van der Waals surface area contributed by atoms with Gasteiger partial charge in [-0.05, 0) is 31.4 Å². The molecule has 1 aromatic carbocycles. The number of ether oxygens (including phenoxy) is 1. The van der Waals surface area contributed by atoms with Gasteiger partial charge in [-0.3, -0.25) is 9.59 Å². The van der Waals surface area contributed by atoms with Gasteiger partial charge in [-0.25, -0.2) is 0 Å². The molecule has 2 rings (SSSR count).